The van der Waals surface area contributed by atoms with Crippen LogP contribution in [0.2, 0.25) is 0 Å². The zero-order valence-electron chi connectivity index (χ0n) is 14.7. The Balaban J connectivity index is 1.55. The molecular formula is C19H20F4N4. The van der Waals surface area contributed by atoms with Crippen LogP contribution in [0.5, 0.6) is 0 Å². The van der Waals surface area contributed by atoms with Crippen molar-refractivity contribution in [1.82, 2.24) is 14.9 Å². The van der Waals surface area contributed by atoms with Crippen LogP contribution in [0.15, 0.2) is 36.8 Å². The van der Waals surface area contributed by atoms with Crippen LogP contribution in [0.3, 0.4) is 0 Å². The van der Waals surface area contributed by atoms with Gasteiger partial charge in [-0.05, 0) is 43.5 Å². The van der Waals surface area contributed by atoms with Gasteiger partial charge in [-0.1, -0.05) is 0 Å². The number of likely N-dealkylation sites (tertiary alicyclic amines) is 1. The first kappa shape index (κ1) is 18.2. The first-order valence-electron chi connectivity index (χ1n) is 9.03. The molecule has 27 heavy (non-hydrogen) atoms. The second-order valence-corrected chi connectivity index (χ2v) is 7.16. The number of hydrogen-bond acceptors (Lipinski definition) is 4. The van der Waals surface area contributed by atoms with E-state index < -0.39 is 11.7 Å². The number of nitrogens with zero attached hydrogens (tertiary/aromatic N) is 4. The lowest BCUT2D eigenvalue weighted by molar-refractivity contribution is -0.137. The third kappa shape index (κ3) is 3.63. The maximum Gasteiger partial charge on any atom is 0.419 e. The molecule has 2 aromatic heterocycles. The Hall–Kier alpha value is -2.22. The summed E-state index contributed by atoms with van der Waals surface area (Å²) in [6, 6.07) is 4.14. The number of piperidine rings is 1. The molecule has 0 aromatic carbocycles. The number of halogens is 4. The molecule has 0 aliphatic carbocycles. The van der Waals surface area contributed by atoms with E-state index in [9.17, 15) is 17.6 Å². The van der Waals surface area contributed by atoms with Gasteiger partial charge in [-0.25, -0.2) is 9.37 Å². The molecule has 0 bridgehead atoms. The zero-order valence-corrected chi connectivity index (χ0v) is 14.7. The van der Waals surface area contributed by atoms with Gasteiger partial charge >= 0.3 is 6.18 Å². The SMILES string of the molecule is Fc1cnccc1CN1CCC2CCN(c3ncccc3C(F)(F)F)CC21. The molecule has 2 unspecified atom stereocenters. The minimum Gasteiger partial charge on any atom is -0.355 e. The smallest absolute Gasteiger partial charge is 0.355 e. The standard InChI is InChI=1S/C19H20F4N4/c20-16-10-24-7-3-14(16)11-26-8-4-13-5-9-27(12-17(13)26)18-15(19(21,22)23)2-1-6-25-18/h1-3,6-7,10,13,17H,4-5,8-9,11-12H2. The van der Waals surface area contributed by atoms with Gasteiger partial charge in [0.15, 0.2) is 0 Å². The summed E-state index contributed by atoms with van der Waals surface area (Å²) in [5, 5.41) is 0. The molecule has 2 atom stereocenters. The third-order valence-electron chi connectivity index (χ3n) is 5.60. The van der Waals surface area contributed by atoms with Gasteiger partial charge in [0.05, 0.1) is 11.8 Å². The van der Waals surface area contributed by atoms with E-state index in [4.69, 9.17) is 0 Å². The van der Waals surface area contributed by atoms with Gasteiger partial charge in [0.2, 0.25) is 0 Å². The van der Waals surface area contributed by atoms with Gasteiger partial charge < -0.3 is 4.90 Å². The maximum atomic E-state index is 14.0. The van der Waals surface area contributed by atoms with Crippen LogP contribution in [-0.2, 0) is 12.7 Å². The van der Waals surface area contributed by atoms with Crippen molar-refractivity contribution in [3.63, 3.8) is 0 Å². The van der Waals surface area contributed by atoms with Crippen molar-refractivity contribution >= 4 is 5.82 Å². The Morgan fingerprint density at radius 3 is 2.70 bits per heavy atom. The molecule has 2 aliphatic heterocycles. The zero-order chi connectivity index (χ0) is 19.0. The van der Waals surface area contributed by atoms with E-state index in [-0.39, 0.29) is 17.7 Å². The molecular weight excluding hydrogens is 360 g/mol. The highest BCUT2D eigenvalue weighted by Gasteiger charge is 2.41. The van der Waals surface area contributed by atoms with E-state index in [1.54, 1.807) is 17.2 Å². The quantitative estimate of drug-likeness (QED) is 0.760. The number of aromatic nitrogens is 2. The van der Waals surface area contributed by atoms with Crippen molar-refractivity contribution in [2.24, 2.45) is 5.92 Å². The monoisotopic (exact) mass is 380 g/mol. The van der Waals surface area contributed by atoms with Crippen LogP contribution >= 0.6 is 0 Å². The Morgan fingerprint density at radius 1 is 1.11 bits per heavy atom. The Kier molecular flexibility index (Phi) is 4.75. The summed E-state index contributed by atoms with van der Waals surface area (Å²) in [5.41, 5.74) is -0.134. The van der Waals surface area contributed by atoms with Gasteiger partial charge in [0, 0.05) is 43.6 Å². The normalized spacial score (nSPS) is 23.5. The molecule has 2 fully saturated rings. The van der Waals surface area contributed by atoms with E-state index >= 15 is 0 Å². The first-order valence-corrected chi connectivity index (χ1v) is 9.03. The van der Waals surface area contributed by atoms with Crippen molar-refractivity contribution in [3.8, 4) is 0 Å². The first-order chi connectivity index (χ1) is 12.9. The van der Waals surface area contributed by atoms with Crippen molar-refractivity contribution < 1.29 is 17.6 Å². The van der Waals surface area contributed by atoms with Crippen molar-refractivity contribution in [1.29, 1.82) is 0 Å². The lowest BCUT2D eigenvalue weighted by atomic mass is 9.92. The lowest BCUT2D eigenvalue weighted by Gasteiger charge is -2.39. The average molecular weight is 380 g/mol. The number of hydrogen-bond donors (Lipinski definition) is 0. The van der Waals surface area contributed by atoms with Gasteiger partial charge in [-0.3, -0.25) is 9.88 Å². The summed E-state index contributed by atoms with van der Waals surface area (Å²) in [6.45, 7) is 2.28. The highest BCUT2D eigenvalue weighted by molar-refractivity contribution is 5.49. The Morgan fingerprint density at radius 2 is 1.93 bits per heavy atom. The summed E-state index contributed by atoms with van der Waals surface area (Å²) in [5.74, 6) is 0.0623. The molecule has 2 saturated heterocycles. The van der Waals surface area contributed by atoms with Crippen molar-refractivity contribution in [3.05, 3.63) is 53.7 Å². The number of anilines is 1. The van der Waals surface area contributed by atoms with Crippen LogP contribution < -0.4 is 4.90 Å². The van der Waals surface area contributed by atoms with Crippen molar-refractivity contribution in [2.45, 2.75) is 31.6 Å². The fourth-order valence-corrected chi connectivity index (χ4v) is 4.24. The largest absolute Gasteiger partial charge is 0.419 e. The molecule has 0 saturated carbocycles. The third-order valence-corrected chi connectivity index (χ3v) is 5.60. The molecule has 2 aliphatic rings. The van der Waals surface area contributed by atoms with Crippen LogP contribution in [0, 0.1) is 11.7 Å². The molecule has 4 heterocycles. The molecule has 0 amide bonds. The van der Waals surface area contributed by atoms with Gasteiger partial charge in [-0.15, -0.1) is 0 Å². The Bertz CT molecular complexity index is 810. The number of rotatable bonds is 3. The molecule has 0 spiro atoms. The highest BCUT2D eigenvalue weighted by atomic mass is 19.4. The predicted molar refractivity (Wildman–Crippen MR) is 92.6 cm³/mol. The molecule has 2 aromatic rings. The average Bonchev–Trinajstić information content (AvgIpc) is 3.05. The predicted octanol–water partition coefficient (Wildman–Crippen LogP) is 3.74. The van der Waals surface area contributed by atoms with E-state index in [2.05, 4.69) is 14.9 Å². The second-order valence-electron chi connectivity index (χ2n) is 7.16. The summed E-state index contributed by atoms with van der Waals surface area (Å²) in [6.07, 6.45) is 1.51. The van der Waals surface area contributed by atoms with Crippen LogP contribution in [0.25, 0.3) is 0 Å². The maximum absolute atomic E-state index is 14.0. The number of pyridine rings is 2. The Labute approximate surface area is 154 Å². The summed E-state index contributed by atoms with van der Waals surface area (Å²) in [7, 11) is 0. The minimum atomic E-state index is -4.43. The second kappa shape index (κ2) is 7.07. The molecule has 4 rings (SSSR count). The summed E-state index contributed by atoms with van der Waals surface area (Å²) < 4.78 is 54.0. The molecule has 0 radical (unpaired) electrons. The lowest BCUT2D eigenvalue weighted by Crippen LogP contribution is -2.48. The van der Waals surface area contributed by atoms with Crippen LogP contribution in [0.4, 0.5) is 23.4 Å². The topological polar surface area (TPSA) is 32.3 Å². The van der Waals surface area contributed by atoms with E-state index in [0.29, 0.717) is 31.1 Å². The molecule has 0 N–H and O–H groups in total. The van der Waals surface area contributed by atoms with Gasteiger partial charge in [0.1, 0.15) is 11.6 Å². The number of fused-ring (bicyclic) bond motifs is 1. The van der Waals surface area contributed by atoms with Crippen LogP contribution in [0.1, 0.15) is 24.0 Å². The fraction of sp³-hybridized carbons (Fsp3) is 0.474. The number of alkyl halides is 3. The summed E-state index contributed by atoms with van der Waals surface area (Å²) in [4.78, 5) is 11.7. The molecule has 8 heteroatoms. The fourth-order valence-electron chi connectivity index (χ4n) is 4.24. The molecule has 144 valence electrons. The molecule has 4 nitrogen and oxygen atoms in total. The van der Waals surface area contributed by atoms with Crippen LogP contribution in [-0.4, -0.2) is 40.5 Å². The van der Waals surface area contributed by atoms with E-state index in [1.165, 1.54) is 18.5 Å². The van der Waals surface area contributed by atoms with Gasteiger partial charge in [0.25, 0.3) is 0 Å². The minimum absolute atomic E-state index is 0.00890. The van der Waals surface area contributed by atoms with E-state index in [0.717, 1.165) is 25.5 Å². The summed E-state index contributed by atoms with van der Waals surface area (Å²) >= 11 is 0. The van der Waals surface area contributed by atoms with E-state index in [1.807, 2.05) is 0 Å². The van der Waals surface area contributed by atoms with Crippen molar-refractivity contribution in [2.75, 3.05) is 24.5 Å². The van der Waals surface area contributed by atoms with Gasteiger partial charge in [-0.2, -0.15) is 13.2 Å². The highest BCUT2D eigenvalue weighted by Crippen LogP contribution is 2.39.